The van der Waals surface area contributed by atoms with E-state index in [4.69, 9.17) is 4.74 Å². The van der Waals surface area contributed by atoms with Gasteiger partial charge in [0.05, 0.1) is 18.3 Å². The summed E-state index contributed by atoms with van der Waals surface area (Å²) in [7, 11) is 0. The summed E-state index contributed by atoms with van der Waals surface area (Å²) in [4.78, 5) is 12.2. The van der Waals surface area contributed by atoms with Gasteiger partial charge in [-0.15, -0.1) is 0 Å². The number of thioether (sulfide) groups is 1. The number of rotatable bonds is 5. The van der Waals surface area contributed by atoms with Crippen LogP contribution in [0.1, 0.15) is 13.3 Å². The number of carbonyl (C=O) groups excluding carboxylic acids is 1. The van der Waals surface area contributed by atoms with Crippen LogP contribution < -0.4 is 15.4 Å². The molecule has 0 radical (unpaired) electrons. The van der Waals surface area contributed by atoms with E-state index in [0.717, 1.165) is 35.9 Å². The minimum atomic E-state index is -0.113. The molecule has 4 nitrogen and oxygen atoms in total. The van der Waals surface area contributed by atoms with E-state index in [1.807, 2.05) is 24.3 Å². The highest BCUT2D eigenvalue weighted by Crippen LogP contribution is 2.24. The Labute approximate surface area is 118 Å². The van der Waals surface area contributed by atoms with E-state index in [-0.39, 0.29) is 11.9 Å². The first-order chi connectivity index (χ1) is 9.31. The Morgan fingerprint density at radius 3 is 3.11 bits per heavy atom. The lowest BCUT2D eigenvalue weighted by atomic mass is 10.2. The molecule has 1 aliphatic rings. The van der Waals surface area contributed by atoms with Crippen LogP contribution in [0, 0.1) is 0 Å². The van der Waals surface area contributed by atoms with E-state index in [1.54, 1.807) is 11.8 Å². The van der Waals surface area contributed by atoms with Crippen LogP contribution in [-0.4, -0.2) is 36.6 Å². The molecule has 5 heteroatoms. The fraction of sp³-hybridized carbons (Fsp3) is 0.500. The molecule has 1 aliphatic heterocycles. The van der Waals surface area contributed by atoms with Gasteiger partial charge in [0, 0.05) is 18.1 Å². The predicted molar refractivity (Wildman–Crippen MR) is 80.0 cm³/mol. The molecule has 1 aromatic rings. The number of nitrogens with one attached hydrogen (secondary N) is 2. The van der Waals surface area contributed by atoms with Gasteiger partial charge in [-0.3, -0.25) is 4.79 Å². The van der Waals surface area contributed by atoms with Crippen molar-refractivity contribution in [2.75, 3.05) is 30.0 Å². The highest BCUT2D eigenvalue weighted by atomic mass is 32.2. The highest BCUT2D eigenvalue weighted by molar-refractivity contribution is 7.99. The van der Waals surface area contributed by atoms with E-state index in [2.05, 4.69) is 17.6 Å². The number of hydrogen-bond donors (Lipinski definition) is 2. The van der Waals surface area contributed by atoms with Gasteiger partial charge in [-0.05, 0) is 18.6 Å². The second kappa shape index (κ2) is 7.40. The zero-order chi connectivity index (χ0) is 13.5. The fourth-order valence-electron chi connectivity index (χ4n) is 1.86. The Morgan fingerprint density at radius 2 is 2.37 bits per heavy atom. The van der Waals surface area contributed by atoms with Gasteiger partial charge in [-0.25, -0.2) is 0 Å². The number of amides is 1. The Bertz CT molecular complexity index is 420. The van der Waals surface area contributed by atoms with Crippen LogP contribution in [0.2, 0.25) is 0 Å². The SMILES string of the molecule is CCCOc1ccccc1NC(=O)C1CSCCN1. The number of para-hydroxylation sites is 2. The summed E-state index contributed by atoms with van der Waals surface area (Å²) in [5, 5.41) is 6.18. The fourth-order valence-corrected chi connectivity index (χ4v) is 2.80. The number of benzene rings is 1. The number of ether oxygens (including phenoxy) is 1. The van der Waals surface area contributed by atoms with E-state index >= 15 is 0 Å². The summed E-state index contributed by atoms with van der Waals surface area (Å²) >= 11 is 1.81. The molecule has 1 aromatic carbocycles. The second-order valence-electron chi connectivity index (χ2n) is 4.42. The second-order valence-corrected chi connectivity index (χ2v) is 5.57. The third-order valence-corrected chi connectivity index (χ3v) is 3.91. The number of carbonyl (C=O) groups is 1. The minimum absolute atomic E-state index is 0.0137. The Morgan fingerprint density at radius 1 is 1.53 bits per heavy atom. The average molecular weight is 280 g/mol. The number of hydrogen-bond acceptors (Lipinski definition) is 4. The smallest absolute Gasteiger partial charge is 0.242 e. The first-order valence-electron chi connectivity index (χ1n) is 6.65. The van der Waals surface area contributed by atoms with Gasteiger partial charge >= 0.3 is 0 Å². The molecule has 0 aromatic heterocycles. The predicted octanol–water partition coefficient (Wildman–Crippen LogP) is 2.12. The summed E-state index contributed by atoms with van der Waals surface area (Å²) in [5.74, 6) is 2.64. The highest BCUT2D eigenvalue weighted by Gasteiger charge is 2.21. The first-order valence-corrected chi connectivity index (χ1v) is 7.80. The lowest BCUT2D eigenvalue weighted by molar-refractivity contribution is -0.117. The molecule has 0 spiro atoms. The zero-order valence-electron chi connectivity index (χ0n) is 11.1. The zero-order valence-corrected chi connectivity index (χ0v) is 12.0. The van der Waals surface area contributed by atoms with E-state index in [9.17, 15) is 4.79 Å². The third kappa shape index (κ3) is 4.14. The van der Waals surface area contributed by atoms with Crippen LogP contribution in [0.15, 0.2) is 24.3 Å². The summed E-state index contributed by atoms with van der Waals surface area (Å²) in [6, 6.07) is 7.46. The van der Waals surface area contributed by atoms with Crippen LogP contribution in [0.4, 0.5) is 5.69 Å². The van der Waals surface area contributed by atoms with E-state index in [1.165, 1.54) is 0 Å². The molecule has 1 heterocycles. The third-order valence-electron chi connectivity index (χ3n) is 2.84. The normalized spacial score (nSPS) is 18.9. The van der Waals surface area contributed by atoms with Gasteiger partial charge < -0.3 is 15.4 Å². The van der Waals surface area contributed by atoms with Gasteiger partial charge in [0.2, 0.25) is 5.91 Å². The molecule has 0 saturated carbocycles. The molecule has 2 N–H and O–H groups in total. The monoisotopic (exact) mass is 280 g/mol. The van der Waals surface area contributed by atoms with Crippen molar-refractivity contribution in [2.24, 2.45) is 0 Å². The molecule has 1 atom stereocenters. The van der Waals surface area contributed by atoms with Crippen LogP contribution >= 0.6 is 11.8 Å². The Kier molecular flexibility index (Phi) is 5.54. The van der Waals surface area contributed by atoms with Crippen molar-refractivity contribution < 1.29 is 9.53 Å². The summed E-state index contributed by atoms with van der Waals surface area (Å²) in [6.45, 7) is 3.60. The first kappa shape index (κ1) is 14.2. The van der Waals surface area contributed by atoms with Crippen molar-refractivity contribution in [3.63, 3.8) is 0 Å². The van der Waals surface area contributed by atoms with Gasteiger partial charge in [-0.1, -0.05) is 19.1 Å². The van der Waals surface area contributed by atoms with E-state index < -0.39 is 0 Å². The molecule has 2 rings (SSSR count). The maximum Gasteiger partial charge on any atom is 0.242 e. The van der Waals surface area contributed by atoms with Gasteiger partial charge in [0.15, 0.2) is 0 Å². The summed E-state index contributed by atoms with van der Waals surface area (Å²) < 4.78 is 5.63. The standard InChI is InChI=1S/C14H20N2O2S/c1-2-8-18-13-6-4-3-5-11(13)16-14(17)12-10-19-9-7-15-12/h3-6,12,15H,2,7-10H2,1H3,(H,16,17). The van der Waals surface area contributed by atoms with Crippen molar-refractivity contribution in [2.45, 2.75) is 19.4 Å². The molecule has 0 bridgehead atoms. The molecule has 19 heavy (non-hydrogen) atoms. The molecule has 104 valence electrons. The van der Waals surface area contributed by atoms with Crippen molar-refractivity contribution in [3.05, 3.63) is 24.3 Å². The topological polar surface area (TPSA) is 50.4 Å². The Balaban J connectivity index is 1.99. The summed E-state index contributed by atoms with van der Waals surface area (Å²) in [6.07, 6.45) is 0.948. The van der Waals surface area contributed by atoms with Crippen LogP contribution in [0.25, 0.3) is 0 Å². The maximum atomic E-state index is 12.2. The molecule has 1 fully saturated rings. The molecule has 1 saturated heterocycles. The van der Waals surface area contributed by atoms with Crippen LogP contribution in [0.3, 0.4) is 0 Å². The van der Waals surface area contributed by atoms with Crippen molar-refractivity contribution in [1.82, 2.24) is 5.32 Å². The van der Waals surface area contributed by atoms with E-state index in [0.29, 0.717) is 6.61 Å². The van der Waals surface area contributed by atoms with Gasteiger partial charge in [0.1, 0.15) is 5.75 Å². The maximum absolute atomic E-state index is 12.2. The van der Waals surface area contributed by atoms with Crippen molar-refractivity contribution >= 4 is 23.4 Å². The lowest BCUT2D eigenvalue weighted by Crippen LogP contribution is -2.46. The largest absolute Gasteiger partial charge is 0.491 e. The minimum Gasteiger partial charge on any atom is -0.491 e. The average Bonchev–Trinajstić information content (AvgIpc) is 2.47. The molecular weight excluding hydrogens is 260 g/mol. The lowest BCUT2D eigenvalue weighted by Gasteiger charge is -2.22. The quantitative estimate of drug-likeness (QED) is 0.867. The van der Waals surface area contributed by atoms with Crippen LogP contribution in [-0.2, 0) is 4.79 Å². The van der Waals surface area contributed by atoms with Crippen molar-refractivity contribution in [1.29, 1.82) is 0 Å². The number of anilines is 1. The van der Waals surface area contributed by atoms with Crippen molar-refractivity contribution in [3.8, 4) is 5.75 Å². The molecule has 1 amide bonds. The van der Waals surface area contributed by atoms with Gasteiger partial charge in [-0.2, -0.15) is 11.8 Å². The molecule has 1 unspecified atom stereocenters. The Hall–Kier alpha value is -1.20. The molecular formula is C14H20N2O2S. The van der Waals surface area contributed by atoms with Gasteiger partial charge in [0.25, 0.3) is 0 Å². The van der Waals surface area contributed by atoms with Crippen LogP contribution in [0.5, 0.6) is 5.75 Å². The summed E-state index contributed by atoms with van der Waals surface area (Å²) in [5.41, 5.74) is 0.748. The molecule has 0 aliphatic carbocycles.